The number of rotatable bonds is 5. The first-order valence-electron chi connectivity index (χ1n) is 9.11. The Morgan fingerprint density at radius 2 is 1.60 bits per heavy atom. The van der Waals surface area contributed by atoms with E-state index in [4.69, 9.17) is 23.2 Å². The van der Waals surface area contributed by atoms with Crippen LogP contribution in [0, 0.1) is 0 Å². The third kappa shape index (κ3) is 7.00. The number of hydrazine groups is 1. The van der Waals surface area contributed by atoms with Gasteiger partial charge in [-0.3, -0.25) is 25.2 Å². The summed E-state index contributed by atoms with van der Waals surface area (Å²) in [5.74, 6) is -1.34. The summed E-state index contributed by atoms with van der Waals surface area (Å²) in [5.41, 5.74) is 6.45. The van der Waals surface area contributed by atoms with Crippen molar-refractivity contribution in [3.05, 3.63) is 62.0 Å². The number of carbonyl (C=O) groups is 3. The summed E-state index contributed by atoms with van der Waals surface area (Å²) >= 11 is 15.3. The number of nitrogens with one attached hydrogen (secondary N) is 3. The van der Waals surface area contributed by atoms with E-state index in [-0.39, 0.29) is 24.2 Å². The average Bonchev–Trinajstić information content (AvgIpc) is 2.65. The van der Waals surface area contributed by atoms with Gasteiger partial charge in [0.1, 0.15) is 0 Å². The molecule has 2 rings (SSSR count). The molecule has 0 unspecified atom stereocenters. The van der Waals surface area contributed by atoms with E-state index in [0.29, 0.717) is 21.3 Å². The van der Waals surface area contributed by atoms with Crippen molar-refractivity contribution in [2.75, 3.05) is 5.32 Å². The van der Waals surface area contributed by atoms with Crippen molar-refractivity contribution in [2.24, 2.45) is 0 Å². The van der Waals surface area contributed by atoms with Crippen molar-refractivity contribution in [1.82, 2.24) is 10.9 Å². The van der Waals surface area contributed by atoms with Gasteiger partial charge in [0.25, 0.3) is 5.91 Å². The van der Waals surface area contributed by atoms with Crippen molar-refractivity contribution in [2.45, 2.75) is 39.0 Å². The van der Waals surface area contributed by atoms with Crippen molar-refractivity contribution >= 4 is 62.5 Å². The molecule has 0 bridgehead atoms. The zero-order valence-corrected chi connectivity index (χ0v) is 19.8. The maximum absolute atomic E-state index is 12.3. The normalized spacial score (nSPS) is 11.0. The van der Waals surface area contributed by atoms with Crippen molar-refractivity contribution in [3.8, 4) is 0 Å². The number of anilines is 1. The fraction of sp³-hybridized carbons (Fsp3) is 0.286. The van der Waals surface area contributed by atoms with Gasteiger partial charge in [0.15, 0.2) is 0 Å². The van der Waals surface area contributed by atoms with E-state index in [2.05, 4.69) is 52.9 Å². The fourth-order valence-electron chi connectivity index (χ4n) is 2.56. The molecule has 0 saturated heterocycles. The standard InChI is InChI=1S/C21H22BrCl2N3O3/c1-21(2,3)14-6-4-12(10-15(14)22)20(30)27-26-19(29)9-8-18(28)25-17-7-5-13(23)11-16(17)24/h4-7,10-11H,8-9H2,1-3H3,(H,25,28)(H,26,29)(H,27,30). The highest BCUT2D eigenvalue weighted by Gasteiger charge is 2.18. The van der Waals surface area contributed by atoms with Gasteiger partial charge >= 0.3 is 0 Å². The van der Waals surface area contributed by atoms with Gasteiger partial charge in [0, 0.05) is 27.9 Å². The molecule has 0 aliphatic heterocycles. The summed E-state index contributed by atoms with van der Waals surface area (Å²) in [7, 11) is 0. The van der Waals surface area contributed by atoms with E-state index < -0.39 is 11.8 Å². The minimum absolute atomic E-state index is 0.0706. The molecule has 2 aromatic carbocycles. The van der Waals surface area contributed by atoms with Crippen LogP contribution in [0.25, 0.3) is 0 Å². The van der Waals surface area contributed by atoms with Gasteiger partial charge in [-0.05, 0) is 41.3 Å². The van der Waals surface area contributed by atoms with E-state index in [9.17, 15) is 14.4 Å². The predicted molar refractivity (Wildman–Crippen MR) is 123 cm³/mol. The van der Waals surface area contributed by atoms with Crippen molar-refractivity contribution in [3.63, 3.8) is 0 Å². The summed E-state index contributed by atoms with van der Waals surface area (Å²) in [6, 6.07) is 9.94. The zero-order chi connectivity index (χ0) is 22.5. The van der Waals surface area contributed by atoms with E-state index in [1.165, 1.54) is 6.07 Å². The lowest BCUT2D eigenvalue weighted by Gasteiger charge is -2.21. The summed E-state index contributed by atoms with van der Waals surface area (Å²) < 4.78 is 0.812. The van der Waals surface area contributed by atoms with Gasteiger partial charge in [-0.25, -0.2) is 0 Å². The zero-order valence-electron chi connectivity index (χ0n) is 16.7. The second kappa shape index (κ2) is 10.3. The third-order valence-corrected chi connectivity index (χ3v) is 5.34. The SMILES string of the molecule is CC(C)(C)c1ccc(C(=O)NNC(=O)CCC(=O)Nc2ccc(Cl)cc2Cl)cc1Br. The molecule has 9 heteroatoms. The molecular formula is C21H22BrCl2N3O3. The lowest BCUT2D eigenvalue weighted by atomic mass is 9.86. The van der Waals surface area contributed by atoms with Gasteiger partial charge in [-0.15, -0.1) is 0 Å². The van der Waals surface area contributed by atoms with Crippen LogP contribution in [0.4, 0.5) is 5.69 Å². The second-order valence-electron chi connectivity index (χ2n) is 7.62. The molecule has 6 nitrogen and oxygen atoms in total. The van der Waals surface area contributed by atoms with Gasteiger partial charge < -0.3 is 5.32 Å². The molecule has 3 N–H and O–H groups in total. The Morgan fingerprint density at radius 3 is 2.20 bits per heavy atom. The maximum atomic E-state index is 12.3. The number of carbonyl (C=O) groups excluding carboxylic acids is 3. The van der Waals surface area contributed by atoms with Crippen LogP contribution in [0.3, 0.4) is 0 Å². The quantitative estimate of drug-likeness (QED) is 0.477. The van der Waals surface area contributed by atoms with Crippen LogP contribution < -0.4 is 16.2 Å². The lowest BCUT2D eigenvalue weighted by molar-refractivity contribution is -0.124. The minimum Gasteiger partial charge on any atom is -0.325 e. The van der Waals surface area contributed by atoms with Gasteiger partial charge in [-0.2, -0.15) is 0 Å². The number of hydrogen-bond donors (Lipinski definition) is 3. The average molecular weight is 515 g/mol. The summed E-state index contributed by atoms with van der Waals surface area (Å²) in [6.07, 6.45) is -0.184. The van der Waals surface area contributed by atoms with Gasteiger partial charge in [0.2, 0.25) is 11.8 Å². The smallest absolute Gasteiger partial charge is 0.269 e. The van der Waals surface area contributed by atoms with Gasteiger partial charge in [0.05, 0.1) is 10.7 Å². The molecule has 0 heterocycles. The lowest BCUT2D eigenvalue weighted by Crippen LogP contribution is -2.41. The fourth-order valence-corrected chi connectivity index (χ4v) is 3.99. The largest absolute Gasteiger partial charge is 0.325 e. The van der Waals surface area contributed by atoms with Crippen LogP contribution in [0.1, 0.15) is 49.5 Å². The summed E-state index contributed by atoms with van der Waals surface area (Å²) in [4.78, 5) is 36.2. The molecule has 0 radical (unpaired) electrons. The monoisotopic (exact) mass is 513 g/mol. The van der Waals surface area contributed by atoms with Crippen molar-refractivity contribution < 1.29 is 14.4 Å². The van der Waals surface area contributed by atoms with E-state index in [0.717, 1.165) is 10.0 Å². The van der Waals surface area contributed by atoms with Crippen LogP contribution in [0.2, 0.25) is 10.0 Å². The highest BCUT2D eigenvalue weighted by molar-refractivity contribution is 9.10. The van der Waals surface area contributed by atoms with Crippen LogP contribution in [-0.2, 0) is 15.0 Å². The molecule has 0 spiro atoms. The van der Waals surface area contributed by atoms with E-state index in [1.807, 2.05) is 6.07 Å². The molecule has 3 amide bonds. The Morgan fingerprint density at radius 1 is 0.933 bits per heavy atom. The number of benzene rings is 2. The first-order chi connectivity index (χ1) is 14.0. The van der Waals surface area contributed by atoms with Gasteiger partial charge in [-0.1, -0.05) is 66.0 Å². The molecule has 0 fully saturated rings. The second-order valence-corrected chi connectivity index (χ2v) is 9.32. The predicted octanol–water partition coefficient (Wildman–Crippen LogP) is 5.23. The van der Waals surface area contributed by atoms with Crippen LogP contribution >= 0.6 is 39.1 Å². The molecular weight excluding hydrogens is 493 g/mol. The Labute approximate surface area is 193 Å². The molecule has 0 atom stereocenters. The molecule has 0 aromatic heterocycles. The van der Waals surface area contributed by atoms with E-state index >= 15 is 0 Å². The highest BCUT2D eigenvalue weighted by Crippen LogP contribution is 2.30. The number of halogens is 3. The highest BCUT2D eigenvalue weighted by atomic mass is 79.9. The Kier molecular flexibility index (Phi) is 8.29. The van der Waals surface area contributed by atoms with Crippen LogP contribution in [-0.4, -0.2) is 17.7 Å². The Hall–Kier alpha value is -2.09. The molecule has 0 aliphatic rings. The Bertz CT molecular complexity index is 974. The molecule has 160 valence electrons. The Balaban J connectivity index is 1.82. The molecule has 30 heavy (non-hydrogen) atoms. The minimum atomic E-state index is -0.494. The molecule has 0 saturated carbocycles. The number of amides is 3. The first kappa shape index (κ1) is 24.2. The summed E-state index contributed by atoms with van der Waals surface area (Å²) in [5, 5.41) is 3.36. The molecule has 0 aliphatic carbocycles. The maximum Gasteiger partial charge on any atom is 0.269 e. The summed E-state index contributed by atoms with van der Waals surface area (Å²) in [6.45, 7) is 6.22. The molecule has 2 aromatic rings. The van der Waals surface area contributed by atoms with Crippen LogP contribution in [0.15, 0.2) is 40.9 Å². The number of hydrogen-bond acceptors (Lipinski definition) is 3. The van der Waals surface area contributed by atoms with Crippen LogP contribution in [0.5, 0.6) is 0 Å². The first-order valence-corrected chi connectivity index (χ1v) is 10.7. The topological polar surface area (TPSA) is 87.3 Å². The third-order valence-electron chi connectivity index (χ3n) is 4.14. The van der Waals surface area contributed by atoms with Crippen molar-refractivity contribution in [1.29, 1.82) is 0 Å². The van der Waals surface area contributed by atoms with E-state index in [1.54, 1.807) is 24.3 Å².